The van der Waals surface area contributed by atoms with Crippen molar-refractivity contribution in [3.63, 3.8) is 0 Å². The highest BCUT2D eigenvalue weighted by Gasteiger charge is 2.15. The summed E-state index contributed by atoms with van der Waals surface area (Å²) in [4.78, 5) is 0. The number of ether oxygens (including phenoxy) is 2. The molecule has 0 spiro atoms. The van der Waals surface area contributed by atoms with E-state index < -0.39 is 0 Å². The van der Waals surface area contributed by atoms with Crippen molar-refractivity contribution < 1.29 is 9.47 Å². The smallest absolute Gasteiger partial charge is 0.123 e. The second-order valence-corrected chi connectivity index (χ2v) is 4.91. The average molecular weight is 249 g/mol. The lowest BCUT2D eigenvalue weighted by Crippen LogP contribution is -2.12. The highest BCUT2D eigenvalue weighted by molar-refractivity contribution is 5.36. The van der Waals surface area contributed by atoms with Crippen LogP contribution >= 0.6 is 0 Å². The third-order valence-electron chi connectivity index (χ3n) is 3.30. The molecule has 1 atom stereocenters. The minimum atomic E-state index is 0.406. The Hall–Kier alpha value is -1.06. The molecule has 0 bridgehead atoms. The first-order valence-corrected chi connectivity index (χ1v) is 6.78. The fourth-order valence-corrected chi connectivity index (χ4v) is 2.35. The van der Waals surface area contributed by atoms with E-state index in [-0.39, 0.29) is 0 Å². The van der Waals surface area contributed by atoms with Crippen LogP contribution in [0.25, 0.3) is 0 Å². The fourth-order valence-electron chi connectivity index (χ4n) is 2.35. The fraction of sp³-hybridized carbons (Fsp3) is 0.600. The topological polar surface area (TPSA) is 30.5 Å². The molecule has 1 saturated heterocycles. The third-order valence-corrected chi connectivity index (χ3v) is 3.30. The maximum Gasteiger partial charge on any atom is 0.123 e. The molecule has 0 amide bonds. The van der Waals surface area contributed by atoms with Crippen LogP contribution in [0, 0.1) is 6.92 Å². The van der Waals surface area contributed by atoms with Gasteiger partial charge in [0.15, 0.2) is 0 Å². The summed E-state index contributed by atoms with van der Waals surface area (Å²) in [6, 6.07) is 6.34. The summed E-state index contributed by atoms with van der Waals surface area (Å²) >= 11 is 0. The SMILES string of the molecule is CNCc1cc(C)ccc1OCCC1CCCO1. The molecule has 18 heavy (non-hydrogen) atoms. The molecule has 1 aliphatic rings. The van der Waals surface area contributed by atoms with Crippen molar-refractivity contribution >= 4 is 0 Å². The molecule has 1 fully saturated rings. The zero-order valence-electron chi connectivity index (χ0n) is 11.4. The van der Waals surface area contributed by atoms with E-state index in [0.717, 1.165) is 31.9 Å². The first-order chi connectivity index (χ1) is 8.79. The van der Waals surface area contributed by atoms with E-state index in [1.807, 2.05) is 7.05 Å². The minimum absolute atomic E-state index is 0.406. The predicted molar refractivity (Wildman–Crippen MR) is 73.0 cm³/mol. The van der Waals surface area contributed by atoms with E-state index in [1.54, 1.807) is 0 Å². The molecule has 100 valence electrons. The van der Waals surface area contributed by atoms with E-state index in [0.29, 0.717) is 6.10 Å². The number of nitrogens with one attached hydrogen (secondary N) is 1. The van der Waals surface area contributed by atoms with Crippen molar-refractivity contribution in [1.29, 1.82) is 0 Å². The van der Waals surface area contributed by atoms with Crippen molar-refractivity contribution in [2.75, 3.05) is 20.3 Å². The van der Waals surface area contributed by atoms with Gasteiger partial charge in [-0.25, -0.2) is 0 Å². The van der Waals surface area contributed by atoms with Gasteiger partial charge in [0, 0.05) is 25.1 Å². The van der Waals surface area contributed by atoms with Crippen LogP contribution < -0.4 is 10.1 Å². The molecule has 0 radical (unpaired) electrons. The lowest BCUT2D eigenvalue weighted by molar-refractivity contribution is 0.0902. The Morgan fingerprint density at radius 3 is 3.06 bits per heavy atom. The van der Waals surface area contributed by atoms with E-state index in [9.17, 15) is 0 Å². The van der Waals surface area contributed by atoms with Gasteiger partial charge < -0.3 is 14.8 Å². The van der Waals surface area contributed by atoms with Crippen LogP contribution in [0.2, 0.25) is 0 Å². The molecule has 0 saturated carbocycles. The summed E-state index contributed by atoms with van der Waals surface area (Å²) in [7, 11) is 1.96. The zero-order valence-corrected chi connectivity index (χ0v) is 11.4. The molecular formula is C15H23NO2. The van der Waals surface area contributed by atoms with E-state index in [4.69, 9.17) is 9.47 Å². The number of benzene rings is 1. The molecule has 1 aliphatic heterocycles. The van der Waals surface area contributed by atoms with Gasteiger partial charge in [0.2, 0.25) is 0 Å². The minimum Gasteiger partial charge on any atom is -0.493 e. The highest BCUT2D eigenvalue weighted by Crippen LogP contribution is 2.21. The molecule has 3 heteroatoms. The Kier molecular flexibility index (Phi) is 5.02. The molecule has 1 unspecified atom stereocenters. The van der Waals surface area contributed by atoms with Gasteiger partial charge >= 0.3 is 0 Å². The van der Waals surface area contributed by atoms with Crippen molar-refractivity contribution in [2.24, 2.45) is 0 Å². The first-order valence-electron chi connectivity index (χ1n) is 6.78. The second-order valence-electron chi connectivity index (χ2n) is 4.91. The summed E-state index contributed by atoms with van der Waals surface area (Å²) in [6.45, 7) is 4.61. The number of hydrogen-bond acceptors (Lipinski definition) is 3. The molecule has 2 rings (SSSR count). The van der Waals surface area contributed by atoms with Crippen LogP contribution in [-0.2, 0) is 11.3 Å². The molecule has 3 nitrogen and oxygen atoms in total. The van der Waals surface area contributed by atoms with Gasteiger partial charge in [-0.05, 0) is 32.9 Å². The lowest BCUT2D eigenvalue weighted by atomic mass is 10.1. The molecule has 0 aromatic heterocycles. The van der Waals surface area contributed by atoms with Gasteiger partial charge in [-0.2, -0.15) is 0 Å². The van der Waals surface area contributed by atoms with Gasteiger partial charge in [-0.3, -0.25) is 0 Å². The molecule has 1 aromatic rings. The normalized spacial score (nSPS) is 19.1. The first kappa shape index (κ1) is 13.4. The Morgan fingerprint density at radius 2 is 2.33 bits per heavy atom. The molecule has 1 N–H and O–H groups in total. The van der Waals surface area contributed by atoms with Crippen LogP contribution in [0.15, 0.2) is 18.2 Å². The zero-order chi connectivity index (χ0) is 12.8. The van der Waals surface area contributed by atoms with Gasteiger partial charge in [0.1, 0.15) is 5.75 Å². The van der Waals surface area contributed by atoms with E-state index in [1.165, 1.54) is 24.0 Å². The predicted octanol–water partition coefficient (Wildman–Crippen LogP) is 2.66. The maximum absolute atomic E-state index is 5.89. The maximum atomic E-state index is 5.89. The van der Waals surface area contributed by atoms with Crippen LogP contribution in [-0.4, -0.2) is 26.4 Å². The lowest BCUT2D eigenvalue weighted by Gasteiger charge is -2.14. The number of hydrogen-bond donors (Lipinski definition) is 1. The number of aryl methyl sites for hydroxylation is 1. The van der Waals surface area contributed by atoms with Crippen LogP contribution in [0.5, 0.6) is 5.75 Å². The van der Waals surface area contributed by atoms with Gasteiger partial charge in [-0.15, -0.1) is 0 Å². The van der Waals surface area contributed by atoms with Crippen molar-refractivity contribution in [3.05, 3.63) is 29.3 Å². The standard InChI is InChI=1S/C15H23NO2/c1-12-5-6-15(13(10-12)11-16-2)18-9-7-14-4-3-8-17-14/h5-6,10,14,16H,3-4,7-9,11H2,1-2H3. The Bertz CT molecular complexity index is 373. The summed E-state index contributed by atoms with van der Waals surface area (Å²) in [6.07, 6.45) is 3.77. The monoisotopic (exact) mass is 249 g/mol. The Balaban J connectivity index is 1.87. The van der Waals surface area contributed by atoms with Crippen LogP contribution in [0.1, 0.15) is 30.4 Å². The van der Waals surface area contributed by atoms with Crippen molar-refractivity contribution in [3.8, 4) is 5.75 Å². The second kappa shape index (κ2) is 6.76. The quantitative estimate of drug-likeness (QED) is 0.840. The molecule has 1 aromatic carbocycles. The average Bonchev–Trinajstić information content (AvgIpc) is 2.85. The summed E-state index contributed by atoms with van der Waals surface area (Å²) in [5, 5.41) is 3.18. The Morgan fingerprint density at radius 1 is 1.44 bits per heavy atom. The highest BCUT2D eigenvalue weighted by atomic mass is 16.5. The Labute approximate surface area is 109 Å². The largest absolute Gasteiger partial charge is 0.493 e. The summed E-state index contributed by atoms with van der Waals surface area (Å²) in [5.41, 5.74) is 2.50. The molecule has 0 aliphatic carbocycles. The van der Waals surface area contributed by atoms with Crippen LogP contribution in [0.3, 0.4) is 0 Å². The van der Waals surface area contributed by atoms with Crippen LogP contribution in [0.4, 0.5) is 0 Å². The van der Waals surface area contributed by atoms with Gasteiger partial charge in [0.05, 0.1) is 12.7 Å². The third kappa shape index (κ3) is 3.72. The summed E-state index contributed by atoms with van der Waals surface area (Å²) < 4.78 is 11.5. The van der Waals surface area contributed by atoms with E-state index >= 15 is 0 Å². The van der Waals surface area contributed by atoms with Gasteiger partial charge in [0.25, 0.3) is 0 Å². The van der Waals surface area contributed by atoms with Crippen molar-refractivity contribution in [1.82, 2.24) is 5.32 Å². The summed E-state index contributed by atoms with van der Waals surface area (Å²) in [5.74, 6) is 0.993. The van der Waals surface area contributed by atoms with Gasteiger partial charge in [-0.1, -0.05) is 17.7 Å². The molecular weight excluding hydrogens is 226 g/mol. The molecule has 1 heterocycles. The van der Waals surface area contributed by atoms with E-state index in [2.05, 4.69) is 30.4 Å². The van der Waals surface area contributed by atoms with Crippen molar-refractivity contribution in [2.45, 2.75) is 38.8 Å². The number of rotatable bonds is 6.